The van der Waals surface area contributed by atoms with Crippen LogP contribution in [0.3, 0.4) is 0 Å². The third-order valence-electron chi connectivity index (χ3n) is 2.50. The Morgan fingerprint density at radius 3 is 2.88 bits per heavy atom. The van der Waals surface area contributed by atoms with Crippen molar-refractivity contribution in [1.82, 2.24) is 10.1 Å². The zero-order chi connectivity index (χ0) is 11.1. The van der Waals surface area contributed by atoms with E-state index >= 15 is 0 Å². The molecule has 0 spiro atoms. The summed E-state index contributed by atoms with van der Waals surface area (Å²) in [7, 11) is 0. The Hall–Kier alpha value is -1.06. The fraction of sp³-hybridized carbons (Fsp3) is 0.273. The average Bonchev–Trinajstić information content (AvgIpc) is 3.01. The van der Waals surface area contributed by atoms with Gasteiger partial charge >= 0.3 is 0 Å². The van der Waals surface area contributed by atoms with Gasteiger partial charge in [-0.2, -0.15) is 0 Å². The largest absolute Gasteiger partial charge is 0.360 e. The SMILES string of the molecule is Clc1[c]c(-c2cc(C3CC3)on2)ncc1Cl. The van der Waals surface area contributed by atoms with Crippen molar-refractivity contribution in [2.45, 2.75) is 18.8 Å². The molecule has 0 atom stereocenters. The first-order valence-corrected chi connectivity index (χ1v) is 5.70. The van der Waals surface area contributed by atoms with E-state index in [1.54, 1.807) is 0 Å². The quantitative estimate of drug-likeness (QED) is 0.819. The number of pyridine rings is 1. The zero-order valence-electron chi connectivity index (χ0n) is 8.20. The number of rotatable bonds is 2. The second-order valence-electron chi connectivity index (χ2n) is 3.78. The first-order chi connectivity index (χ1) is 7.74. The molecule has 16 heavy (non-hydrogen) atoms. The molecule has 0 aromatic carbocycles. The van der Waals surface area contributed by atoms with E-state index in [1.807, 2.05) is 6.07 Å². The van der Waals surface area contributed by atoms with Crippen LogP contribution in [0.2, 0.25) is 10.0 Å². The van der Waals surface area contributed by atoms with Crippen LogP contribution in [0.15, 0.2) is 16.8 Å². The van der Waals surface area contributed by atoms with Crippen molar-refractivity contribution in [3.8, 4) is 11.4 Å². The van der Waals surface area contributed by atoms with Crippen molar-refractivity contribution in [2.24, 2.45) is 0 Å². The smallest absolute Gasteiger partial charge is 0.140 e. The molecule has 1 saturated carbocycles. The number of hydrogen-bond acceptors (Lipinski definition) is 3. The molecule has 2 aromatic heterocycles. The van der Waals surface area contributed by atoms with Gasteiger partial charge in [-0.05, 0) is 12.8 Å². The molecule has 0 saturated heterocycles. The van der Waals surface area contributed by atoms with Crippen molar-refractivity contribution in [2.75, 3.05) is 0 Å². The number of hydrogen-bond donors (Lipinski definition) is 0. The molecular formula is C11H7Cl2N2O. The Balaban J connectivity index is 1.97. The predicted octanol–water partition coefficient (Wildman–Crippen LogP) is 3.72. The van der Waals surface area contributed by atoms with Crippen molar-refractivity contribution >= 4 is 23.2 Å². The summed E-state index contributed by atoms with van der Waals surface area (Å²) in [6.45, 7) is 0. The highest BCUT2D eigenvalue weighted by molar-refractivity contribution is 6.41. The summed E-state index contributed by atoms with van der Waals surface area (Å²) in [6, 6.07) is 4.75. The van der Waals surface area contributed by atoms with Crippen molar-refractivity contribution in [3.63, 3.8) is 0 Å². The highest BCUT2D eigenvalue weighted by Gasteiger charge is 2.28. The summed E-state index contributed by atoms with van der Waals surface area (Å²) in [6.07, 6.45) is 3.83. The topological polar surface area (TPSA) is 38.9 Å². The first-order valence-electron chi connectivity index (χ1n) is 4.94. The van der Waals surface area contributed by atoms with Gasteiger partial charge in [0.25, 0.3) is 0 Å². The van der Waals surface area contributed by atoms with Crippen LogP contribution in [-0.2, 0) is 0 Å². The molecule has 1 aliphatic rings. The van der Waals surface area contributed by atoms with E-state index in [0.29, 0.717) is 27.4 Å². The van der Waals surface area contributed by atoms with Gasteiger partial charge in [0.05, 0.1) is 10.0 Å². The molecule has 2 aromatic rings. The fourth-order valence-corrected chi connectivity index (χ4v) is 1.70. The van der Waals surface area contributed by atoms with Gasteiger partial charge in [-0.25, -0.2) is 0 Å². The number of aromatic nitrogens is 2. The van der Waals surface area contributed by atoms with Crippen LogP contribution >= 0.6 is 23.2 Å². The lowest BCUT2D eigenvalue weighted by Gasteiger charge is -1.96. The van der Waals surface area contributed by atoms with E-state index in [0.717, 1.165) is 5.76 Å². The lowest BCUT2D eigenvalue weighted by molar-refractivity contribution is 0.386. The molecule has 0 aliphatic heterocycles. The Labute approximate surface area is 102 Å². The standard InChI is InChI=1S/C11H7Cl2N2O/c12-7-3-9(14-5-8(7)13)10-4-11(16-15-10)6-1-2-6/h4-6H,1-2H2. The summed E-state index contributed by atoms with van der Waals surface area (Å²) in [5.41, 5.74) is 1.21. The molecule has 3 rings (SSSR count). The zero-order valence-corrected chi connectivity index (χ0v) is 9.72. The van der Waals surface area contributed by atoms with Crippen molar-refractivity contribution in [3.05, 3.63) is 34.1 Å². The van der Waals surface area contributed by atoms with Crippen LogP contribution in [-0.4, -0.2) is 10.1 Å². The van der Waals surface area contributed by atoms with Gasteiger partial charge in [-0.15, -0.1) is 0 Å². The summed E-state index contributed by atoms with van der Waals surface area (Å²) in [4.78, 5) is 4.11. The highest BCUT2D eigenvalue weighted by atomic mass is 35.5. The molecule has 0 bridgehead atoms. The lowest BCUT2D eigenvalue weighted by Crippen LogP contribution is -1.84. The Kier molecular flexibility index (Phi) is 2.37. The Morgan fingerprint density at radius 2 is 2.19 bits per heavy atom. The minimum Gasteiger partial charge on any atom is -0.360 e. The Morgan fingerprint density at radius 1 is 1.38 bits per heavy atom. The summed E-state index contributed by atoms with van der Waals surface area (Å²) in [5.74, 6) is 1.44. The lowest BCUT2D eigenvalue weighted by atomic mass is 10.2. The Bertz CT molecular complexity index is 535. The van der Waals surface area contributed by atoms with Crippen LogP contribution < -0.4 is 0 Å². The first kappa shape index (κ1) is 10.1. The maximum absolute atomic E-state index is 5.86. The van der Waals surface area contributed by atoms with Crippen LogP contribution in [0.1, 0.15) is 24.5 Å². The molecule has 1 radical (unpaired) electrons. The van der Waals surface area contributed by atoms with E-state index in [4.69, 9.17) is 27.7 Å². The molecule has 1 fully saturated rings. The van der Waals surface area contributed by atoms with Gasteiger partial charge in [0, 0.05) is 24.2 Å². The minimum atomic E-state index is 0.350. The predicted molar refractivity (Wildman–Crippen MR) is 60.6 cm³/mol. The third-order valence-corrected chi connectivity index (χ3v) is 3.18. The van der Waals surface area contributed by atoms with E-state index in [2.05, 4.69) is 16.2 Å². The molecule has 0 N–H and O–H groups in total. The molecule has 2 heterocycles. The maximum Gasteiger partial charge on any atom is 0.140 e. The molecule has 3 nitrogen and oxygen atoms in total. The van der Waals surface area contributed by atoms with Crippen LogP contribution in [0, 0.1) is 6.07 Å². The van der Waals surface area contributed by atoms with Gasteiger partial charge < -0.3 is 4.52 Å². The average molecular weight is 254 g/mol. The second kappa shape index (κ2) is 3.75. The van der Waals surface area contributed by atoms with Gasteiger partial charge in [-0.3, -0.25) is 4.98 Å². The number of nitrogens with zero attached hydrogens (tertiary/aromatic N) is 2. The molecular weight excluding hydrogens is 247 g/mol. The summed E-state index contributed by atoms with van der Waals surface area (Å²) >= 11 is 11.6. The fourth-order valence-electron chi connectivity index (χ4n) is 1.47. The molecule has 0 amide bonds. The molecule has 5 heteroatoms. The van der Waals surface area contributed by atoms with Gasteiger partial charge in [0.1, 0.15) is 17.1 Å². The normalized spacial score (nSPS) is 15.4. The maximum atomic E-state index is 5.86. The van der Waals surface area contributed by atoms with Gasteiger partial charge in [0.15, 0.2) is 0 Å². The third kappa shape index (κ3) is 1.81. The van der Waals surface area contributed by atoms with E-state index < -0.39 is 0 Å². The second-order valence-corrected chi connectivity index (χ2v) is 4.57. The summed E-state index contributed by atoms with van der Waals surface area (Å²) in [5, 5.41) is 4.68. The molecule has 1 aliphatic carbocycles. The van der Waals surface area contributed by atoms with E-state index in [-0.39, 0.29) is 0 Å². The van der Waals surface area contributed by atoms with Crippen LogP contribution in [0.4, 0.5) is 0 Å². The van der Waals surface area contributed by atoms with Gasteiger partial charge in [-0.1, -0.05) is 28.4 Å². The highest BCUT2D eigenvalue weighted by Crippen LogP contribution is 2.41. The van der Waals surface area contributed by atoms with Gasteiger partial charge in [0.2, 0.25) is 0 Å². The van der Waals surface area contributed by atoms with Crippen LogP contribution in [0.25, 0.3) is 11.4 Å². The minimum absolute atomic E-state index is 0.350. The van der Waals surface area contributed by atoms with E-state index in [9.17, 15) is 0 Å². The number of halogens is 2. The monoisotopic (exact) mass is 253 g/mol. The molecule has 81 valence electrons. The molecule has 0 unspecified atom stereocenters. The van der Waals surface area contributed by atoms with Crippen molar-refractivity contribution in [1.29, 1.82) is 0 Å². The van der Waals surface area contributed by atoms with Crippen LogP contribution in [0.5, 0.6) is 0 Å². The summed E-state index contributed by atoms with van der Waals surface area (Å²) < 4.78 is 5.23. The van der Waals surface area contributed by atoms with Crippen molar-refractivity contribution < 1.29 is 4.52 Å². The van der Waals surface area contributed by atoms with E-state index in [1.165, 1.54) is 19.0 Å².